The Balaban J connectivity index is 1.28. The molecule has 0 aliphatic rings. The molecule has 0 aliphatic heterocycles. The molecule has 2 aromatic heterocycles. The van der Waals surface area contributed by atoms with E-state index in [2.05, 4.69) is 15.3 Å². The summed E-state index contributed by atoms with van der Waals surface area (Å²) in [6.45, 7) is 0.171. The number of aromatic nitrogens is 2. The van der Waals surface area contributed by atoms with Crippen molar-refractivity contribution in [3.63, 3.8) is 0 Å². The van der Waals surface area contributed by atoms with Crippen LogP contribution in [-0.2, 0) is 11.4 Å². The summed E-state index contributed by atoms with van der Waals surface area (Å²) >= 11 is 0. The number of anilines is 1. The number of hydrogen-bond donors (Lipinski definition) is 1. The monoisotopic (exact) mass is 427 g/mol. The lowest BCUT2D eigenvalue weighted by Gasteiger charge is -2.12. The fourth-order valence-corrected chi connectivity index (χ4v) is 2.79. The van der Waals surface area contributed by atoms with Crippen LogP contribution in [0.15, 0.2) is 97.5 Å². The molecule has 7 nitrogen and oxygen atoms in total. The Morgan fingerprint density at radius 2 is 1.47 bits per heavy atom. The van der Waals surface area contributed by atoms with Crippen molar-refractivity contribution in [2.45, 2.75) is 6.61 Å². The average molecular weight is 427 g/mol. The Morgan fingerprint density at radius 1 is 0.750 bits per heavy atom. The zero-order chi connectivity index (χ0) is 22.0. The van der Waals surface area contributed by atoms with Gasteiger partial charge in [-0.1, -0.05) is 18.2 Å². The van der Waals surface area contributed by atoms with Gasteiger partial charge in [0.05, 0.1) is 0 Å². The van der Waals surface area contributed by atoms with Crippen LogP contribution >= 0.6 is 0 Å². The number of benzene rings is 2. The Bertz CT molecular complexity index is 1140. The molecule has 32 heavy (non-hydrogen) atoms. The zero-order valence-electron chi connectivity index (χ0n) is 17.2. The van der Waals surface area contributed by atoms with Crippen LogP contribution in [-0.4, -0.2) is 22.5 Å². The number of para-hydroxylation sites is 1. The molecule has 1 amide bonds. The number of carbonyl (C=O) groups excluding carboxylic acids is 1. The molecule has 2 heterocycles. The minimum absolute atomic E-state index is 0.167. The van der Waals surface area contributed by atoms with Crippen molar-refractivity contribution in [1.82, 2.24) is 9.97 Å². The minimum atomic E-state index is -0.345. The van der Waals surface area contributed by atoms with Crippen molar-refractivity contribution >= 4 is 11.7 Å². The summed E-state index contributed by atoms with van der Waals surface area (Å²) in [6.07, 6.45) is 4.98. The summed E-state index contributed by atoms with van der Waals surface area (Å²) in [5, 5.41) is 2.72. The molecule has 7 heteroatoms. The third kappa shape index (κ3) is 6.06. The first-order valence-electron chi connectivity index (χ1n) is 9.98. The molecule has 0 unspecified atom stereocenters. The molecular formula is C25H21N3O4. The van der Waals surface area contributed by atoms with E-state index < -0.39 is 0 Å². The van der Waals surface area contributed by atoms with Crippen molar-refractivity contribution in [3.05, 3.63) is 103 Å². The first kappa shape index (κ1) is 20.9. The fraction of sp³-hybridized carbons (Fsp3) is 0.0800. The summed E-state index contributed by atoms with van der Waals surface area (Å²) in [6, 6.07) is 23.8. The van der Waals surface area contributed by atoms with Crippen LogP contribution in [0.25, 0.3) is 0 Å². The van der Waals surface area contributed by atoms with Crippen molar-refractivity contribution in [3.8, 4) is 23.0 Å². The summed E-state index contributed by atoms with van der Waals surface area (Å²) in [4.78, 5) is 20.5. The van der Waals surface area contributed by atoms with E-state index in [4.69, 9.17) is 14.2 Å². The Labute approximate surface area is 185 Å². The largest absolute Gasteiger partial charge is 0.485 e. The number of hydrogen-bond acceptors (Lipinski definition) is 6. The third-order valence-electron chi connectivity index (χ3n) is 4.34. The van der Waals surface area contributed by atoms with Gasteiger partial charge in [-0.25, -0.2) is 4.98 Å². The molecule has 0 aliphatic carbocycles. The maximum Gasteiger partial charge on any atom is 0.263 e. The summed E-state index contributed by atoms with van der Waals surface area (Å²) in [7, 11) is 0. The highest BCUT2D eigenvalue weighted by atomic mass is 16.5. The Morgan fingerprint density at radius 3 is 2.25 bits per heavy atom. The zero-order valence-corrected chi connectivity index (χ0v) is 17.2. The lowest BCUT2D eigenvalue weighted by Crippen LogP contribution is -2.21. The number of amides is 1. The van der Waals surface area contributed by atoms with Crippen molar-refractivity contribution < 1.29 is 19.0 Å². The van der Waals surface area contributed by atoms with Gasteiger partial charge in [-0.05, 0) is 66.2 Å². The van der Waals surface area contributed by atoms with Gasteiger partial charge in [0.1, 0.15) is 23.9 Å². The van der Waals surface area contributed by atoms with E-state index in [1.54, 1.807) is 55.0 Å². The van der Waals surface area contributed by atoms with E-state index in [0.29, 0.717) is 29.7 Å². The second-order valence-corrected chi connectivity index (χ2v) is 6.72. The predicted molar refractivity (Wildman–Crippen MR) is 120 cm³/mol. The molecule has 160 valence electrons. The SMILES string of the molecule is O=C(COc1ccc(Oc2ccccc2)cc1)Nc1ncccc1OCc1ccncc1. The molecule has 0 fully saturated rings. The third-order valence-corrected chi connectivity index (χ3v) is 4.34. The lowest BCUT2D eigenvalue weighted by atomic mass is 10.3. The highest BCUT2D eigenvalue weighted by Gasteiger charge is 2.10. The Kier molecular flexibility index (Phi) is 6.90. The molecule has 2 aromatic carbocycles. The van der Waals surface area contributed by atoms with Crippen LogP contribution < -0.4 is 19.5 Å². The average Bonchev–Trinajstić information content (AvgIpc) is 2.84. The summed E-state index contributed by atoms with van der Waals surface area (Å²) in [5.41, 5.74) is 0.962. The second-order valence-electron chi connectivity index (χ2n) is 6.72. The topological polar surface area (TPSA) is 82.6 Å². The molecule has 0 saturated carbocycles. The standard InChI is InChI=1S/C25H21N3O4/c29-24(18-30-20-8-10-22(11-9-20)32-21-5-2-1-3-6-21)28-25-23(7-4-14-27-25)31-17-19-12-15-26-16-13-19/h1-16H,17-18H2,(H,27,28,29). The molecule has 0 radical (unpaired) electrons. The molecular weight excluding hydrogens is 406 g/mol. The van der Waals surface area contributed by atoms with Crippen LogP contribution in [0.1, 0.15) is 5.56 Å². The van der Waals surface area contributed by atoms with Crippen molar-refractivity contribution in [2.75, 3.05) is 11.9 Å². The van der Waals surface area contributed by atoms with Gasteiger partial charge in [0, 0.05) is 18.6 Å². The maximum atomic E-state index is 12.4. The molecule has 4 rings (SSSR count). The highest BCUT2D eigenvalue weighted by Crippen LogP contribution is 2.24. The lowest BCUT2D eigenvalue weighted by molar-refractivity contribution is -0.118. The Hall–Kier alpha value is -4.39. The highest BCUT2D eigenvalue weighted by molar-refractivity contribution is 5.92. The van der Waals surface area contributed by atoms with Crippen LogP contribution in [0.4, 0.5) is 5.82 Å². The second kappa shape index (κ2) is 10.6. The first-order valence-corrected chi connectivity index (χ1v) is 9.98. The van der Waals surface area contributed by atoms with E-state index >= 15 is 0 Å². The summed E-state index contributed by atoms with van der Waals surface area (Å²) in [5.74, 6) is 2.44. The van der Waals surface area contributed by atoms with E-state index in [0.717, 1.165) is 11.3 Å². The van der Waals surface area contributed by atoms with Gasteiger partial charge in [0.25, 0.3) is 5.91 Å². The number of carbonyl (C=O) groups is 1. The van der Waals surface area contributed by atoms with Crippen molar-refractivity contribution in [1.29, 1.82) is 0 Å². The van der Waals surface area contributed by atoms with E-state index in [1.807, 2.05) is 42.5 Å². The normalized spacial score (nSPS) is 10.2. The molecule has 0 atom stereocenters. The predicted octanol–water partition coefficient (Wildman–Crippen LogP) is 4.87. The van der Waals surface area contributed by atoms with Crippen LogP contribution in [0.3, 0.4) is 0 Å². The van der Waals surface area contributed by atoms with Crippen molar-refractivity contribution in [2.24, 2.45) is 0 Å². The van der Waals surface area contributed by atoms with E-state index in [-0.39, 0.29) is 12.5 Å². The van der Waals surface area contributed by atoms with E-state index in [1.165, 1.54) is 0 Å². The van der Waals surface area contributed by atoms with Crippen LogP contribution in [0.2, 0.25) is 0 Å². The smallest absolute Gasteiger partial charge is 0.263 e. The van der Waals surface area contributed by atoms with Crippen LogP contribution in [0.5, 0.6) is 23.0 Å². The van der Waals surface area contributed by atoms with Gasteiger partial charge in [-0.2, -0.15) is 0 Å². The molecule has 4 aromatic rings. The molecule has 0 spiro atoms. The molecule has 1 N–H and O–H groups in total. The number of nitrogens with one attached hydrogen (secondary N) is 1. The number of ether oxygens (including phenoxy) is 3. The molecule has 0 bridgehead atoms. The first-order chi connectivity index (χ1) is 15.8. The van der Waals surface area contributed by atoms with Gasteiger partial charge < -0.3 is 19.5 Å². The quantitative estimate of drug-likeness (QED) is 0.411. The molecule has 0 saturated heterocycles. The van der Waals surface area contributed by atoms with E-state index in [9.17, 15) is 4.79 Å². The number of rotatable bonds is 9. The van der Waals surface area contributed by atoms with Gasteiger partial charge in [-0.3, -0.25) is 9.78 Å². The van der Waals surface area contributed by atoms with Gasteiger partial charge in [0.15, 0.2) is 18.2 Å². The minimum Gasteiger partial charge on any atom is -0.485 e. The summed E-state index contributed by atoms with van der Waals surface area (Å²) < 4.78 is 17.1. The van der Waals surface area contributed by atoms with Gasteiger partial charge in [-0.15, -0.1) is 0 Å². The fourth-order valence-electron chi connectivity index (χ4n) is 2.79. The maximum absolute atomic E-state index is 12.4. The number of nitrogens with zero attached hydrogens (tertiary/aromatic N) is 2. The van der Waals surface area contributed by atoms with Gasteiger partial charge >= 0.3 is 0 Å². The van der Waals surface area contributed by atoms with Crippen LogP contribution in [0, 0.1) is 0 Å². The number of pyridine rings is 2. The van der Waals surface area contributed by atoms with Gasteiger partial charge in [0.2, 0.25) is 0 Å².